The van der Waals surface area contributed by atoms with E-state index in [0.29, 0.717) is 51.7 Å². The number of benzene rings is 4. The monoisotopic (exact) mass is 610 g/mol. The average molecular weight is 611 g/mol. The Kier molecular flexibility index (Phi) is 7.07. The normalized spacial score (nSPS) is 13.2. The third kappa shape index (κ3) is 5.10. The van der Waals surface area contributed by atoms with Gasteiger partial charge >= 0.3 is 5.97 Å². The lowest BCUT2D eigenvalue weighted by Gasteiger charge is -2.07. The number of ketones is 1. The number of hydrogen-bond donors (Lipinski definition) is 0. The lowest BCUT2D eigenvalue weighted by Crippen LogP contribution is -2.09. The van der Waals surface area contributed by atoms with Crippen LogP contribution in [-0.4, -0.2) is 25.5 Å². The van der Waals surface area contributed by atoms with Crippen LogP contribution in [0.25, 0.3) is 28.4 Å². The number of esters is 1. The van der Waals surface area contributed by atoms with Gasteiger partial charge in [-0.15, -0.1) is 0 Å². The van der Waals surface area contributed by atoms with E-state index in [1.165, 1.54) is 6.07 Å². The Morgan fingerprint density at radius 1 is 0.951 bits per heavy atom. The highest BCUT2D eigenvalue weighted by Crippen LogP contribution is 2.39. The molecule has 0 atom stereocenters. The molecule has 204 valence electrons. The highest BCUT2D eigenvalue weighted by Gasteiger charge is 2.30. The van der Waals surface area contributed by atoms with Crippen molar-refractivity contribution in [3.05, 3.63) is 112 Å². The molecule has 0 N–H and O–H groups in total. The predicted molar refractivity (Wildman–Crippen MR) is 158 cm³/mol. The Morgan fingerprint density at radius 2 is 1.76 bits per heavy atom. The van der Waals surface area contributed by atoms with E-state index >= 15 is 0 Å². The van der Waals surface area contributed by atoms with Crippen LogP contribution in [0.15, 0.2) is 99.6 Å². The van der Waals surface area contributed by atoms with Gasteiger partial charge in [0, 0.05) is 27.1 Å². The fraction of sp³-hybridized carbons (Fsp3) is 0.0909. The van der Waals surface area contributed by atoms with Crippen molar-refractivity contribution in [3.63, 3.8) is 0 Å². The molecule has 0 fully saturated rings. The number of allylic oxidation sites excluding steroid dienone is 1. The summed E-state index contributed by atoms with van der Waals surface area (Å²) in [7, 11) is 1.56. The maximum Gasteiger partial charge on any atom is 0.348 e. The van der Waals surface area contributed by atoms with E-state index in [4.69, 9.17) is 23.4 Å². The van der Waals surface area contributed by atoms with Crippen LogP contribution in [0.4, 0.5) is 0 Å². The Bertz CT molecular complexity index is 1840. The smallest absolute Gasteiger partial charge is 0.348 e. The predicted octanol–water partition coefficient (Wildman–Crippen LogP) is 8.11. The van der Waals surface area contributed by atoms with Gasteiger partial charge in [0.1, 0.15) is 39.9 Å². The molecule has 0 spiro atoms. The highest BCUT2D eigenvalue weighted by molar-refractivity contribution is 9.10. The number of furan rings is 1. The number of carbonyl (C=O) groups is 2. The molecule has 0 amide bonds. The Morgan fingerprint density at radius 3 is 2.54 bits per heavy atom. The van der Waals surface area contributed by atoms with E-state index in [1.807, 2.05) is 49.4 Å². The summed E-state index contributed by atoms with van der Waals surface area (Å²) in [5.41, 5.74) is 2.57. The molecule has 0 saturated carbocycles. The molecule has 5 aromatic rings. The number of rotatable bonds is 7. The van der Waals surface area contributed by atoms with Crippen LogP contribution in [0.3, 0.4) is 0 Å². The fourth-order valence-corrected chi connectivity index (χ4v) is 5.06. The van der Waals surface area contributed by atoms with E-state index in [1.54, 1.807) is 49.6 Å². The molecule has 0 saturated heterocycles. The van der Waals surface area contributed by atoms with Crippen molar-refractivity contribution < 1.29 is 33.0 Å². The first kappa shape index (κ1) is 26.4. The van der Waals surface area contributed by atoms with Crippen LogP contribution in [0, 0.1) is 0 Å². The number of carbonyl (C=O) groups excluding carboxylic acids is 2. The van der Waals surface area contributed by atoms with Gasteiger partial charge in [-0.05, 0) is 61.5 Å². The first-order valence-corrected chi connectivity index (χ1v) is 13.6. The van der Waals surface area contributed by atoms with E-state index in [2.05, 4.69) is 15.9 Å². The van der Waals surface area contributed by atoms with Crippen molar-refractivity contribution >= 4 is 44.7 Å². The van der Waals surface area contributed by atoms with Crippen LogP contribution in [0.5, 0.6) is 23.0 Å². The van der Waals surface area contributed by atoms with Gasteiger partial charge in [0.2, 0.25) is 5.78 Å². The van der Waals surface area contributed by atoms with Crippen molar-refractivity contribution in [2.24, 2.45) is 0 Å². The fourth-order valence-electron chi connectivity index (χ4n) is 4.68. The Balaban J connectivity index is 1.33. The van der Waals surface area contributed by atoms with Crippen molar-refractivity contribution in [1.82, 2.24) is 0 Å². The van der Waals surface area contributed by atoms with Crippen LogP contribution in [0.2, 0.25) is 0 Å². The Hall–Kier alpha value is -4.82. The van der Waals surface area contributed by atoms with Crippen molar-refractivity contribution in [1.29, 1.82) is 0 Å². The molecule has 4 aromatic carbocycles. The summed E-state index contributed by atoms with van der Waals surface area (Å²) >= 11 is 3.44. The summed E-state index contributed by atoms with van der Waals surface area (Å²) in [6.07, 6.45) is 1.62. The number of methoxy groups -OCH3 is 1. The minimum atomic E-state index is -0.616. The molecule has 0 aliphatic carbocycles. The molecular formula is C33H23BrO7. The zero-order valence-corrected chi connectivity index (χ0v) is 23.7. The maximum absolute atomic E-state index is 13.7. The van der Waals surface area contributed by atoms with Gasteiger partial charge in [0.05, 0.1) is 19.3 Å². The van der Waals surface area contributed by atoms with Gasteiger partial charge in [0.15, 0.2) is 5.76 Å². The number of fused-ring (bicyclic) bond motifs is 2. The van der Waals surface area contributed by atoms with E-state index in [9.17, 15) is 9.59 Å². The lowest BCUT2D eigenvalue weighted by atomic mass is 10.1. The first-order valence-electron chi connectivity index (χ1n) is 12.8. The standard InChI is InChI=1S/C33H23BrO7/c1-3-38-22-11-14-27-25(17-22)30(32(41-27)19-7-5-4-6-8-19)33(36)39-23-10-12-24-28(18-23)40-29(31(24)35)16-20-15-21(34)9-13-26(20)37-2/h4-18H,3H2,1-2H3. The number of Topliss-reactive ketones (excluding diaryl/α,β-unsaturated/α-hetero) is 1. The van der Waals surface area contributed by atoms with Crippen LogP contribution in [0.1, 0.15) is 33.2 Å². The second-order valence-corrected chi connectivity index (χ2v) is 10.1. The van der Waals surface area contributed by atoms with Crippen molar-refractivity contribution in [2.45, 2.75) is 6.92 Å². The molecule has 0 bridgehead atoms. The zero-order chi connectivity index (χ0) is 28.5. The summed E-state index contributed by atoms with van der Waals surface area (Å²) in [4.78, 5) is 26.7. The molecule has 1 aliphatic rings. The largest absolute Gasteiger partial charge is 0.496 e. The van der Waals surface area contributed by atoms with Gasteiger partial charge in [-0.25, -0.2) is 4.79 Å². The summed E-state index contributed by atoms with van der Waals surface area (Å²) in [6, 6.07) is 24.8. The first-order chi connectivity index (χ1) is 19.9. The topological polar surface area (TPSA) is 84.2 Å². The van der Waals surface area contributed by atoms with Crippen LogP contribution in [-0.2, 0) is 0 Å². The van der Waals surface area contributed by atoms with Crippen molar-refractivity contribution in [2.75, 3.05) is 13.7 Å². The summed E-state index contributed by atoms with van der Waals surface area (Å²) in [5, 5.41) is 0.570. The van der Waals surface area contributed by atoms with Gasteiger partial charge < -0.3 is 23.4 Å². The Labute approximate surface area is 244 Å². The maximum atomic E-state index is 13.7. The van der Waals surface area contributed by atoms with Crippen LogP contribution < -0.4 is 18.9 Å². The highest BCUT2D eigenvalue weighted by atomic mass is 79.9. The van der Waals surface area contributed by atoms with Gasteiger partial charge in [-0.1, -0.05) is 46.3 Å². The van der Waals surface area contributed by atoms with E-state index in [-0.39, 0.29) is 22.9 Å². The summed E-state index contributed by atoms with van der Waals surface area (Å²) in [5.74, 6) is 1.34. The zero-order valence-electron chi connectivity index (χ0n) is 22.1. The minimum Gasteiger partial charge on any atom is -0.496 e. The quantitative estimate of drug-likeness (QED) is 0.104. The molecule has 1 aromatic heterocycles. The lowest BCUT2D eigenvalue weighted by molar-refractivity contribution is 0.0736. The van der Waals surface area contributed by atoms with Gasteiger partial charge in [-0.2, -0.15) is 0 Å². The van der Waals surface area contributed by atoms with Crippen molar-refractivity contribution in [3.8, 4) is 34.3 Å². The van der Waals surface area contributed by atoms with Gasteiger partial charge in [-0.3, -0.25) is 4.79 Å². The number of ether oxygens (including phenoxy) is 4. The third-order valence-corrected chi connectivity index (χ3v) is 7.03. The van der Waals surface area contributed by atoms with E-state index in [0.717, 1.165) is 10.0 Å². The second-order valence-electron chi connectivity index (χ2n) is 9.14. The SMILES string of the molecule is CCOc1ccc2oc(-c3ccccc3)c(C(=O)Oc3ccc4c(c3)OC(=Cc3cc(Br)ccc3OC)C4=O)c2c1. The molecule has 41 heavy (non-hydrogen) atoms. The van der Waals surface area contributed by atoms with Crippen LogP contribution >= 0.6 is 15.9 Å². The third-order valence-electron chi connectivity index (χ3n) is 6.54. The molecular weight excluding hydrogens is 588 g/mol. The molecule has 2 heterocycles. The van der Waals surface area contributed by atoms with Gasteiger partial charge in [0.25, 0.3) is 0 Å². The second kappa shape index (κ2) is 11.0. The molecule has 0 radical (unpaired) electrons. The molecule has 6 rings (SSSR count). The summed E-state index contributed by atoms with van der Waals surface area (Å²) < 4.78 is 29.7. The average Bonchev–Trinajstić information content (AvgIpc) is 3.51. The molecule has 0 unspecified atom stereocenters. The van der Waals surface area contributed by atoms with E-state index < -0.39 is 5.97 Å². The molecule has 7 nitrogen and oxygen atoms in total. The molecule has 1 aliphatic heterocycles. The minimum absolute atomic E-state index is 0.135. The number of hydrogen-bond acceptors (Lipinski definition) is 7. The number of halogens is 1. The molecule has 8 heteroatoms. The summed E-state index contributed by atoms with van der Waals surface area (Å²) in [6.45, 7) is 2.37.